The molecule has 1 aliphatic carbocycles. The van der Waals surface area contributed by atoms with Gasteiger partial charge in [-0.15, -0.1) is 0 Å². The van der Waals surface area contributed by atoms with E-state index in [2.05, 4.69) is 19.2 Å². The van der Waals surface area contributed by atoms with E-state index in [9.17, 15) is 14.4 Å². The van der Waals surface area contributed by atoms with E-state index >= 15 is 0 Å². The lowest BCUT2D eigenvalue weighted by Gasteiger charge is -2.33. The quantitative estimate of drug-likeness (QED) is 0.282. The molecule has 0 spiro atoms. The molecule has 0 saturated carbocycles. The molecule has 1 aromatic carbocycles. The van der Waals surface area contributed by atoms with Crippen molar-refractivity contribution in [2.45, 2.75) is 111 Å². The lowest BCUT2D eigenvalue weighted by Crippen LogP contribution is -2.41. The van der Waals surface area contributed by atoms with Crippen LogP contribution >= 0.6 is 0 Å². The Balaban J connectivity index is 1.50. The molecule has 3 aromatic rings. The summed E-state index contributed by atoms with van der Waals surface area (Å²) in [5, 5.41) is 7.68. The molecule has 1 N–H and O–H groups in total. The summed E-state index contributed by atoms with van der Waals surface area (Å²) in [6.45, 7) is 16.6. The molecule has 11 heteroatoms. The highest BCUT2D eigenvalue weighted by Gasteiger charge is 2.32. The topological polar surface area (TPSA) is 118 Å². The van der Waals surface area contributed by atoms with Crippen molar-refractivity contribution in [2.75, 3.05) is 23.3 Å². The second-order valence-electron chi connectivity index (χ2n) is 14.8. The van der Waals surface area contributed by atoms with E-state index in [0.29, 0.717) is 43.1 Å². The minimum atomic E-state index is -0.738. The van der Waals surface area contributed by atoms with Crippen LogP contribution in [0.25, 0.3) is 5.65 Å². The maximum Gasteiger partial charge on any atom is 0.416 e. The number of anilines is 2. The van der Waals surface area contributed by atoms with Crippen LogP contribution in [0.3, 0.4) is 0 Å². The van der Waals surface area contributed by atoms with E-state index in [1.54, 1.807) is 14.3 Å². The van der Waals surface area contributed by atoms with Gasteiger partial charge in [-0.05, 0) is 90.8 Å². The average Bonchev–Trinajstić information content (AvgIpc) is 3.37. The van der Waals surface area contributed by atoms with E-state index in [1.165, 1.54) is 0 Å². The third kappa shape index (κ3) is 8.31. The van der Waals surface area contributed by atoms with Crippen LogP contribution in [0.1, 0.15) is 110 Å². The highest BCUT2D eigenvalue weighted by Crippen LogP contribution is 2.34. The van der Waals surface area contributed by atoms with Crippen molar-refractivity contribution >= 4 is 35.2 Å². The minimum absolute atomic E-state index is 0.0622. The first-order chi connectivity index (χ1) is 22.1. The number of benzene rings is 1. The number of ether oxygens (including phenoxy) is 2. The van der Waals surface area contributed by atoms with E-state index in [1.807, 2.05) is 84.1 Å². The molecule has 1 fully saturated rings. The summed E-state index contributed by atoms with van der Waals surface area (Å²) in [5.74, 6) is 0.647. The van der Waals surface area contributed by atoms with Crippen LogP contribution in [0.5, 0.6) is 0 Å². The molecule has 0 radical (unpaired) electrons. The average molecular weight is 645 g/mol. The lowest BCUT2D eigenvalue weighted by molar-refractivity contribution is -0.113. The van der Waals surface area contributed by atoms with Gasteiger partial charge in [0.1, 0.15) is 17.0 Å². The molecule has 0 atom stereocenters. The number of hydrogen-bond donors (Lipinski definition) is 1. The Morgan fingerprint density at radius 2 is 1.70 bits per heavy atom. The van der Waals surface area contributed by atoms with Crippen LogP contribution in [0.2, 0.25) is 0 Å². The van der Waals surface area contributed by atoms with Crippen LogP contribution in [0, 0.1) is 0 Å². The fourth-order valence-corrected chi connectivity index (χ4v) is 5.67. The van der Waals surface area contributed by atoms with Crippen LogP contribution in [-0.2, 0) is 20.8 Å². The summed E-state index contributed by atoms with van der Waals surface area (Å²) in [5.41, 5.74) is 3.44. The largest absolute Gasteiger partial charge is 0.444 e. The zero-order valence-electron chi connectivity index (χ0n) is 28.9. The molecule has 0 unspecified atom stereocenters. The van der Waals surface area contributed by atoms with Gasteiger partial charge in [-0.3, -0.25) is 9.69 Å². The maximum absolute atomic E-state index is 14.0. The standard InChI is InChI=1S/C36H48N6O5/c1-23(2)28-21-37-42-30(20-29(39-31(28)42)25-15-17-40(18-16-25)33(44)46-35(3,4)5)41(34(45)47-36(6,7)8)22-24-11-9-14-27(19-24)38-32(43)26-12-10-13-26/h9,11-12,14,19-21,23,25H,10,13,15-18,22H2,1-8H3,(H,38,43). The minimum Gasteiger partial charge on any atom is -0.444 e. The van der Waals surface area contributed by atoms with Crippen molar-refractivity contribution in [3.8, 4) is 0 Å². The van der Waals surface area contributed by atoms with E-state index in [4.69, 9.17) is 19.6 Å². The Morgan fingerprint density at radius 1 is 1.02 bits per heavy atom. The molecule has 5 rings (SSSR count). The normalized spacial score (nSPS) is 15.7. The van der Waals surface area contributed by atoms with Gasteiger partial charge in [-0.1, -0.05) is 32.1 Å². The Kier molecular flexibility index (Phi) is 9.65. The van der Waals surface area contributed by atoms with Crippen LogP contribution in [0.4, 0.5) is 21.1 Å². The van der Waals surface area contributed by atoms with Gasteiger partial charge >= 0.3 is 12.2 Å². The zero-order valence-corrected chi connectivity index (χ0v) is 28.9. The van der Waals surface area contributed by atoms with Crippen LogP contribution in [0.15, 0.2) is 48.2 Å². The Labute approximate surface area is 277 Å². The number of amides is 3. The number of allylic oxidation sites excluding steroid dienone is 1. The highest BCUT2D eigenvalue weighted by molar-refractivity contribution is 6.04. The summed E-state index contributed by atoms with van der Waals surface area (Å²) in [4.78, 5) is 47.8. The molecular formula is C36H48N6O5. The molecule has 2 aromatic heterocycles. The summed E-state index contributed by atoms with van der Waals surface area (Å²) in [7, 11) is 0. The van der Waals surface area contributed by atoms with Gasteiger partial charge in [0.2, 0.25) is 0 Å². The number of nitrogens with one attached hydrogen (secondary N) is 1. The SMILES string of the molecule is CC(C)c1cnn2c(N(Cc3cccc(NC(=O)C4=CCC4)c3)C(=O)OC(C)(C)C)cc(C3CCN(C(=O)OC(C)(C)C)CC3)nc12. The van der Waals surface area contributed by atoms with E-state index < -0.39 is 17.3 Å². The summed E-state index contributed by atoms with van der Waals surface area (Å²) < 4.78 is 13.3. The van der Waals surface area contributed by atoms with Crippen LogP contribution < -0.4 is 10.2 Å². The summed E-state index contributed by atoms with van der Waals surface area (Å²) in [6, 6.07) is 9.43. The van der Waals surface area contributed by atoms with Gasteiger partial charge in [-0.2, -0.15) is 9.61 Å². The molecule has 11 nitrogen and oxygen atoms in total. The molecule has 0 bridgehead atoms. The second-order valence-corrected chi connectivity index (χ2v) is 14.8. The van der Waals surface area contributed by atoms with E-state index in [0.717, 1.165) is 35.2 Å². The van der Waals surface area contributed by atoms with Crippen molar-refractivity contribution in [1.29, 1.82) is 0 Å². The van der Waals surface area contributed by atoms with Gasteiger partial charge in [0, 0.05) is 47.6 Å². The fourth-order valence-electron chi connectivity index (χ4n) is 5.67. The predicted molar refractivity (Wildman–Crippen MR) is 182 cm³/mol. The second kappa shape index (κ2) is 13.4. The number of carbonyl (C=O) groups excluding carboxylic acids is 3. The number of aromatic nitrogens is 3. The monoisotopic (exact) mass is 644 g/mol. The summed E-state index contributed by atoms with van der Waals surface area (Å²) >= 11 is 0. The number of fused-ring (bicyclic) bond motifs is 1. The Bertz CT molecular complexity index is 1670. The third-order valence-electron chi connectivity index (χ3n) is 8.20. The first-order valence-corrected chi connectivity index (χ1v) is 16.5. The first-order valence-electron chi connectivity index (χ1n) is 16.5. The number of piperidine rings is 1. The zero-order chi connectivity index (χ0) is 34.1. The van der Waals surface area contributed by atoms with Crippen molar-refractivity contribution in [3.05, 3.63) is 65.0 Å². The number of carbonyl (C=O) groups is 3. The number of nitrogens with zero attached hydrogens (tertiary/aromatic N) is 5. The number of rotatable bonds is 7. The highest BCUT2D eigenvalue weighted by atomic mass is 16.6. The number of hydrogen-bond acceptors (Lipinski definition) is 7. The number of likely N-dealkylation sites (tertiary alicyclic amines) is 1. The van der Waals surface area contributed by atoms with Gasteiger partial charge in [0.25, 0.3) is 5.91 Å². The van der Waals surface area contributed by atoms with Gasteiger partial charge in [0.05, 0.1) is 12.7 Å². The molecule has 1 aliphatic heterocycles. The molecule has 3 amide bonds. The molecular weight excluding hydrogens is 596 g/mol. The van der Waals surface area contributed by atoms with Crippen molar-refractivity contribution < 1.29 is 23.9 Å². The molecule has 2 aliphatic rings. The van der Waals surface area contributed by atoms with Crippen molar-refractivity contribution in [3.63, 3.8) is 0 Å². The third-order valence-corrected chi connectivity index (χ3v) is 8.20. The Morgan fingerprint density at radius 3 is 2.30 bits per heavy atom. The van der Waals surface area contributed by atoms with Crippen molar-refractivity contribution in [1.82, 2.24) is 19.5 Å². The van der Waals surface area contributed by atoms with Crippen molar-refractivity contribution in [2.24, 2.45) is 0 Å². The molecule has 252 valence electrons. The Hall–Kier alpha value is -4.41. The fraction of sp³-hybridized carbons (Fsp3) is 0.528. The van der Waals surface area contributed by atoms with Gasteiger partial charge < -0.3 is 19.7 Å². The van der Waals surface area contributed by atoms with E-state index in [-0.39, 0.29) is 30.4 Å². The summed E-state index contributed by atoms with van der Waals surface area (Å²) in [6.07, 6.45) is 6.03. The van der Waals surface area contributed by atoms with Crippen LogP contribution in [-0.4, -0.2) is 61.9 Å². The predicted octanol–water partition coefficient (Wildman–Crippen LogP) is 7.57. The first kappa shape index (κ1) is 33.9. The van der Waals surface area contributed by atoms with Gasteiger partial charge in [0.15, 0.2) is 5.65 Å². The molecule has 47 heavy (non-hydrogen) atoms. The maximum atomic E-state index is 14.0. The smallest absolute Gasteiger partial charge is 0.416 e. The molecule has 1 saturated heterocycles. The van der Waals surface area contributed by atoms with Gasteiger partial charge in [-0.25, -0.2) is 14.6 Å². The lowest BCUT2D eigenvalue weighted by atomic mass is 9.93. The molecule has 3 heterocycles.